The molecule has 0 spiro atoms. The van der Waals surface area contributed by atoms with Crippen molar-refractivity contribution in [1.82, 2.24) is 4.98 Å². The summed E-state index contributed by atoms with van der Waals surface area (Å²) in [4.78, 5) is 19.1. The molecule has 8 nitrogen and oxygen atoms in total. The number of morpholine rings is 1. The van der Waals surface area contributed by atoms with E-state index in [-0.39, 0.29) is 17.1 Å². The lowest BCUT2D eigenvalue weighted by Crippen LogP contribution is -2.37. The van der Waals surface area contributed by atoms with Crippen molar-refractivity contribution in [3.8, 4) is 0 Å². The van der Waals surface area contributed by atoms with Crippen LogP contribution < -0.4 is 10.0 Å². The number of primary sulfonamides is 1. The Kier molecular flexibility index (Phi) is 5.67. The van der Waals surface area contributed by atoms with Crippen molar-refractivity contribution in [1.29, 1.82) is 0 Å². The van der Waals surface area contributed by atoms with Crippen LogP contribution in [-0.4, -0.2) is 45.7 Å². The van der Waals surface area contributed by atoms with Gasteiger partial charge in [-0.2, -0.15) is 0 Å². The van der Waals surface area contributed by atoms with E-state index >= 15 is 0 Å². The lowest BCUT2D eigenvalue weighted by Gasteiger charge is -2.30. The van der Waals surface area contributed by atoms with Crippen LogP contribution in [0.4, 0.5) is 5.69 Å². The van der Waals surface area contributed by atoms with Gasteiger partial charge in [-0.25, -0.2) is 18.4 Å². The van der Waals surface area contributed by atoms with E-state index in [4.69, 9.17) is 14.6 Å². The monoisotopic (exact) mass is 427 g/mol. The van der Waals surface area contributed by atoms with Gasteiger partial charge in [-0.15, -0.1) is 0 Å². The van der Waals surface area contributed by atoms with E-state index in [2.05, 4.69) is 4.98 Å². The number of carbonyl (C=O) groups excluding carboxylic acids is 1. The number of nitrogens with zero attached hydrogens (tertiary/aromatic N) is 2. The van der Waals surface area contributed by atoms with Crippen LogP contribution in [0.3, 0.4) is 0 Å². The molecule has 1 fully saturated rings. The molecule has 2 aromatic carbocycles. The first-order valence-electron chi connectivity index (χ1n) is 9.43. The van der Waals surface area contributed by atoms with Crippen LogP contribution >= 0.6 is 0 Å². The summed E-state index contributed by atoms with van der Waals surface area (Å²) in [5, 5.41) is 6.20. The van der Waals surface area contributed by atoms with Crippen molar-refractivity contribution in [2.45, 2.75) is 11.5 Å². The van der Waals surface area contributed by atoms with Crippen LogP contribution in [-0.2, 0) is 26.1 Å². The van der Waals surface area contributed by atoms with E-state index in [1.165, 1.54) is 12.1 Å². The van der Waals surface area contributed by atoms with E-state index in [1.807, 2.05) is 35.2 Å². The van der Waals surface area contributed by atoms with Gasteiger partial charge in [0.05, 0.1) is 34.9 Å². The van der Waals surface area contributed by atoms with Crippen molar-refractivity contribution in [2.24, 2.45) is 5.14 Å². The van der Waals surface area contributed by atoms with Gasteiger partial charge >= 0.3 is 5.97 Å². The van der Waals surface area contributed by atoms with Crippen molar-refractivity contribution in [3.63, 3.8) is 0 Å². The Morgan fingerprint density at radius 2 is 1.90 bits per heavy atom. The second-order valence-electron chi connectivity index (χ2n) is 6.89. The molecule has 0 atom stereocenters. The maximum atomic E-state index is 13.0. The number of aromatic nitrogens is 1. The standard InChI is InChI=1S/C21H21N3O5S/c22-30(26,27)17-6-7-19(24-9-11-28-12-10-24)18(13-17)21(25)29-14-16-4-1-3-15-5-2-8-23-20(15)16/h1-8,13H,9-12,14H2,(H2,22,26,27). The number of carbonyl (C=O) groups is 1. The normalized spacial score (nSPS) is 14.6. The molecule has 0 aliphatic carbocycles. The van der Waals surface area contributed by atoms with E-state index < -0.39 is 16.0 Å². The molecule has 0 amide bonds. The molecule has 1 aliphatic rings. The molecule has 1 saturated heterocycles. The number of fused-ring (bicyclic) bond motifs is 1. The van der Waals surface area contributed by atoms with E-state index in [9.17, 15) is 13.2 Å². The Bertz CT molecular complexity index is 1180. The molecule has 2 N–H and O–H groups in total. The third-order valence-electron chi connectivity index (χ3n) is 4.94. The number of pyridine rings is 1. The molecule has 0 unspecified atom stereocenters. The molecule has 9 heteroatoms. The zero-order chi connectivity index (χ0) is 21.1. The van der Waals surface area contributed by atoms with Crippen LogP contribution in [0.2, 0.25) is 0 Å². The number of anilines is 1. The highest BCUT2D eigenvalue weighted by atomic mass is 32.2. The number of sulfonamides is 1. The minimum absolute atomic E-state index is 0.00927. The average Bonchev–Trinajstić information content (AvgIpc) is 2.77. The number of ether oxygens (including phenoxy) is 2. The van der Waals surface area contributed by atoms with Crippen LogP contribution in [0.5, 0.6) is 0 Å². The molecule has 2 heterocycles. The minimum Gasteiger partial charge on any atom is -0.457 e. The number of hydrogen-bond acceptors (Lipinski definition) is 7. The lowest BCUT2D eigenvalue weighted by molar-refractivity contribution is 0.0474. The Hall–Kier alpha value is -3.01. The van der Waals surface area contributed by atoms with Gasteiger partial charge in [0.1, 0.15) is 6.61 Å². The summed E-state index contributed by atoms with van der Waals surface area (Å²) in [7, 11) is -3.96. The van der Waals surface area contributed by atoms with Gasteiger partial charge < -0.3 is 14.4 Å². The summed E-state index contributed by atoms with van der Waals surface area (Å²) in [6.45, 7) is 2.22. The third-order valence-corrected chi connectivity index (χ3v) is 5.85. The molecule has 156 valence electrons. The van der Waals surface area contributed by atoms with Gasteiger partial charge in [-0.3, -0.25) is 4.98 Å². The predicted octanol–water partition coefficient (Wildman–Crippen LogP) is 2.08. The molecule has 0 radical (unpaired) electrons. The van der Waals surface area contributed by atoms with Crippen LogP contribution in [0, 0.1) is 0 Å². The van der Waals surface area contributed by atoms with Crippen LogP contribution in [0.1, 0.15) is 15.9 Å². The molecule has 1 aromatic heterocycles. The number of rotatable bonds is 5. The van der Waals surface area contributed by atoms with Crippen molar-refractivity contribution >= 4 is 32.6 Å². The Balaban J connectivity index is 1.64. The molecule has 0 saturated carbocycles. The fourth-order valence-corrected chi connectivity index (χ4v) is 3.98. The van der Waals surface area contributed by atoms with Gasteiger partial charge in [0, 0.05) is 30.2 Å². The number of esters is 1. The molecular weight excluding hydrogens is 406 g/mol. The lowest BCUT2D eigenvalue weighted by atomic mass is 10.1. The summed E-state index contributed by atoms with van der Waals surface area (Å²) in [5.74, 6) is -0.630. The summed E-state index contributed by atoms with van der Waals surface area (Å²) in [6.07, 6.45) is 1.68. The summed E-state index contributed by atoms with van der Waals surface area (Å²) in [5.41, 5.74) is 2.25. The van der Waals surface area contributed by atoms with Crippen molar-refractivity contribution in [2.75, 3.05) is 31.2 Å². The van der Waals surface area contributed by atoms with Crippen LogP contribution in [0.25, 0.3) is 10.9 Å². The highest BCUT2D eigenvalue weighted by Crippen LogP contribution is 2.26. The first-order valence-corrected chi connectivity index (χ1v) is 11.0. The van der Waals surface area contributed by atoms with E-state index in [1.54, 1.807) is 12.3 Å². The second-order valence-corrected chi connectivity index (χ2v) is 8.45. The Morgan fingerprint density at radius 1 is 1.13 bits per heavy atom. The summed E-state index contributed by atoms with van der Waals surface area (Å²) >= 11 is 0. The maximum Gasteiger partial charge on any atom is 0.340 e. The topological polar surface area (TPSA) is 112 Å². The fraction of sp³-hybridized carbons (Fsp3) is 0.238. The highest BCUT2D eigenvalue weighted by molar-refractivity contribution is 7.89. The SMILES string of the molecule is NS(=O)(=O)c1ccc(N2CCOCC2)c(C(=O)OCc2cccc3cccnc23)c1. The molecule has 3 aromatic rings. The molecular formula is C21H21N3O5S. The Morgan fingerprint density at radius 3 is 2.67 bits per heavy atom. The largest absolute Gasteiger partial charge is 0.457 e. The van der Waals surface area contributed by atoms with Crippen molar-refractivity contribution in [3.05, 3.63) is 65.9 Å². The summed E-state index contributed by atoms with van der Waals surface area (Å²) < 4.78 is 34.5. The number of benzene rings is 2. The molecule has 30 heavy (non-hydrogen) atoms. The van der Waals surface area contributed by atoms with Crippen molar-refractivity contribution < 1.29 is 22.7 Å². The molecule has 4 rings (SSSR count). The van der Waals surface area contributed by atoms with Crippen LogP contribution in [0.15, 0.2) is 59.6 Å². The van der Waals surface area contributed by atoms with E-state index in [0.717, 1.165) is 16.5 Å². The van der Waals surface area contributed by atoms with Gasteiger partial charge in [0.15, 0.2) is 0 Å². The maximum absolute atomic E-state index is 13.0. The zero-order valence-electron chi connectivity index (χ0n) is 16.2. The fourth-order valence-electron chi connectivity index (χ4n) is 3.44. The van der Waals surface area contributed by atoms with Gasteiger partial charge in [-0.05, 0) is 24.3 Å². The first-order chi connectivity index (χ1) is 14.4. The number of nitrogens with two attached hydrogens (primary N) is 1. The van der Waals surface area contributed by atoms with Gasteiger partial charge in [0.2, 0.25) is 10.0 Å². The molecule has 1 aliphatic heterocycles. The van der Waals surface area contributed by atoms with Gasteiger partial charge in [-0.1, -0.05) is 24.3 Å². The molecule has 0 bridgehead atoms. The first kappa shape index (κ1) is 20.3. The highest BCUT2D eigenvalue weighted by Gasteiger charge is 2.23. The third kappa shape index (κ3) is 4.28. The minimum atomic E-state index is -3.96. The second kappa shape index (κ2) is 8.39. The zero-order valence-corrected chi connectivity index (χ0v) is 17.0. The summed E-state index contributed by atoms with van der Waals surface area (Å²) in [6, 6.07) is 13.7. The number of hydrogen-bond donors (Lipinski definition) is 1. The smallest absolute Gasteiger partial charge is 0.340 e. The average molecular weight is 427 g/mol. The quantitative estimate of drug-likeness (QED) is 0.621. The van der Waals surface area contributed by atoms with Gasteiger partial charge in [0.25, 0.3) is 0 Å². The van der Waals surface area contributed by atoms with E-state index in [0.29, 0.717) is 32.0 Å². The Labute approximate surface area is 174 Å². The number of para-hydroxylation sites is 1. The predicted molar refractivity (Wildman–Crippen MR) is 112 cm³/mol.